The molecule has 2 unspecified atom stereocenters. The number of nitrogen functional groups attached to an aromatic ring is 1. The molecule has 0 bridgehead atoms. The van der Waals surface area contributed by atoms with Gasteiger partial charge in [0, 0.05) is 10.1 Å². The number of anilines is 2. The summed E-state index contributed by atoms with van der Waals surface area (Å²) in [6.07, 6.45) is 4.10. The van der Waals surface area contributed by atoms with E-state index in [0.717, 1.165) is 29.8 Å². The Morgan fingerprint density at radius 1 is 1.44 bits per heavy atom. The number of rotatable bonds is 3. The number of nitrogens with one attached hydrogen (secondary N) is 1. The van der Waals surface area contributed by atoms with Crippen LogP contribution in [-0.2, 0) is 0 Å². The lowest BCUT2D eigenvalue weighted by Crippen LogP contribution is -2.12. The van der Waals surface area contributed by atoms with E-state index in [1.165, 1.54) is 22.8 Å². The minimum absolute atomic E-state index is 0.827. The fourth-order valence-corrected chi connectivity index (χ4v) is 2.97. The van der Waals surface area contributed by atoms with Gasteiger partial charge in [-0.3, -0.25) is 0 Å². The maximum atomic E-state index is 5.97. The Kier molecular flexibility index (Phi) is 3.95. The molecule has 88 valence electrons. The van der Waals surface area contributed by atoms with Crippen LogP contribution >= 0.6 is 22.6 Å². The van der Waals surface area contributed by atoms with E-state index in [-0.39, 0.29) is 0 Å². The van der Waals surface area contributed by atoms with Gasteiger partial charge in [0.2, 0.25) is 0 Å². The number of halogens is 1. The van der Waals surface area contributed by atoms with Gasteiger partial charge in [0.15, 0.2) is 0 Å². The van der Waals surface area contributed by atoms with E-state index in [2.05, 4.69) is 47.0 Å². The van der Waals surface area contributed by atoms with E-state index in [4.69, 9.17) is 5.73 Å². The summed E-state index contributed by atoms with van der Waals surface area (Å²) in [5, 5.41) is 3.47. The molecule has 2 rings (SSSR count). The Labute approximate surface area is 111 Å². The molecule has 2 atom stereocenters. The molecule has 1 aromatic rings. The van der Waals surface area contributed by atoms with Gasteiger partial charge in [-0.15, -0.1) is 0 Å². The molecule has 1 aliphatic rings. The van der Waals surface area contributed by atoms with Crippen molar-refractivity contribution in [3.63, 3.8) is 0 Å². The summed E-state index contributed by atoms with van der Waals surface area (Å²) in [4.78, 5) is 0. The lowest BCUT2D eigenvalue weighted by molar-refractivity contribution is 0.537. The second-order valence-corrected chi connectivity index (χ2v) is 6.14. The van der Waals surface area contributed by atoms with E-state index in [1.807, 2.05) is 6.07 Å². The van der Waals surface area contributed by atoms with Crippen LogP contribution in [0.1, 0.15) is 26.2 Å². The monoisotopic (exact) mass is 330 g/mol. The highest BCUT2D eigenvalue weighted by Crippen LogP contribution is 2.31. The van der Waals surface area contributed by atoms with Crippen molar-refractivity contribution in [3.05, 3.63) is 21.8 Å². The molecule has 0 spiro atoms. The second-order valence-electron chi connectivity index (χ2n) is 4.90. The van der Waals surface area contributed by atoms with E-state index in [1.54, 1.807) is 0 Å². The molecular weight excluding hydrogens is 311 g/mol. The zero-order valence-corrected chi connectivity index (χ0v) is 11.8. The first-order valence-corrected chi connectivity index (χ1v) is 7.02. The van der Waals surface area contributed by atoms with Crippen molar-refractivity contribution in [2.75, 3.05) is 17.6 Å². The van der Waals surface area contributed by atoms with Crippen molar-refractivity contribution in [1.82, 2.24) is 0 Å². The number of hydrogen-bond donors (Lipinski definition) is 2. The van der Waals surface area contributed by atoms with Gasteiger partial charge in [-0.05, 0) is 65.5 Å². The fraction of sp³-hybridized carbons (Fsp3) is 0.538. The molecule has 1 aromatic carbocycles. The molecule has 1 fully saturated rings. The SMILES string of the molecule is CC1CCC(CNc2ccc(I)cc2N)C1. The summed E-state index contributed by atoms with van der Waals surface area (Å²) in [5.41, 5.74) is 7.91. The first-order valence-electron chi connectivity index (χ1n) is 5.94. The van der Waals surface area contributed by atoms with Gasteiger partial charge < -0.3 is 11.1 Å². The zero-order valence-electron chi connectivity index (χ0n) is 9.67. The summed E-state index contributed by atoms with van der Waals surface area (Å²) in [6, 6.07) is 6.19. The van der Waals surface area contributed by atoms with E-state index in [0.29, 0.717) is 0 Å². The molecule has 0 saturated heterocycles. The van der Waals surface area contributed by atoms with E-state index in [9.17, 15) is 0 Å². The summed E-state index contributed by atoms with van der Waals surface area (Å²) in [5.74, 6) is 1.73. The summed E-state index contributed by atoms with van der Waals surface area (Å²) in [7, 11) is 0. The lowest BCUT2D eigenvalue weighted by Gasteiger charge is -2.14. The minimum Gasteiger partial charge on any atom is -0.397 e. The maximum Gasteiger partial charge on any atom is 0.0574 e. The van der Waals surface area contributed by atoms with Crippen LogP contribution in [0.3, 0.4) is 0 Å². The average Bonchev–Trinajstić information content (AvgIpc) is 2.63. The van der Waals surface area contributed by atoms with Crippen molar-refractivity contribution in [2.24, 2.45) is 11.8 Å². The normalized spacial score (nSPS) is 24.6. The standard InChI is InChI=1S/C13H19IN2/c1-9-2-3-10(6-9)8-16-13-5-4-11(14)7-12(13)15/h4-5,7,9-10,16H,2-3,6,8,15H2,1H3. The molecule has 16 heavy (non-hydrogen) atoms. The topological polar surface area (TPSA) is 38.0 Å². The third-order valence-corrected chi connectivity index (χ3v) is 4.07. The van der Waals surface area contributed by atoms with E-state index >= 15 is 0 Å². The van der Waals surface area contributed by atoms with Gasteiger partial charge in [-0.2, -0.15) is 0 Å². The first-order chi connectivity index (χ1) is 7.65. The Morgan fingerprint density at radius 3 is 2.88 bits per heavy atom. The van der Waals surface area contributed by atoms with Crippen molar-refractivity contribution < 1.29 is 0 Å². The summed E-state index contributed by atoms with van der Waals surface area (Å²) in [6.45, 7) is 3.41. The molecule has 0 aromatic heterocycles. The van der Waals surface area contributed by atoms with Gasteiger partial charge in [-0.25, -0.2) is 0 Å². The molecule has 0 radical (unpaired) electrons. The van der Waals surface area contributed by atoms with Crippen LogP contribution in [-0.4, -0.2) is 6.54 Å². The third kappa shape index (κ3) is 3.03. The maximum absolute atomic E-state index is 5.97. The van der Waals surface area contributed by atoms with Crippen molar-refractivity contribution in [1.29, 1.82) is 0 Å². The Bertz CT molecular complexity index is 365. The number of hydrogen-bond acceptors (Lipinski definition) is 2. The Balaban J connectivity index is 1.89. The van der Waals surface area contributed by atoms with Crippen LogP contribution < -0.4 is 11.1 Å². The lowest BCUT2D eigenvalue weighted by atomic mass is 10.1. The molecule has 0 aliphatic heterocycles. The summed E-state index contributed by atoms with van der Waals surface area (Å²) < 4.78 is 1.19. The van der Waals surface area contributed by atoms with Gasteiger partial charge in [0.25, 0.3) is 0 Å². The summed E-state index contributed by atoms with van der Waals surface area (Å²) >= 11 is 2.28. The highest BCUT2D eigenvalue weighted by atomic mass is 127. The van der Waals surface area contributed by atoms with Crippen LogP contribution in [0.4, 0.5) is 11.4 Å². The van der Waals surface area contributed by atoms with Gasteiger partial charge in [0.05, 0.1) is 11.4 Å². The third-order valence-electron chi connectivity index (χ3n) is 3.40. The highest BCUT2D eigenvalue weighted by Gasteiger charge is 2.20. The smallest absolute Gasteiger partial charge is 0.0574 e. The number of nitrogens with two attached hydrogens (primary N) is 1. The minimum atomic E-state index is 0.827. The van der Waals surface area contributed by atoms with Crippen molar-refractivity contribution in [2.45, 2.75) is 26.2 Å². The van der Waals surface area contributed by atoms with Gasteiger partial charge >= 0.3 is 0 Å². The van der Waals surface area contributed by atoms with E-state index < -0.39 is 0 Å². The van der Waals surface area contributed by atoms with Crippen LogP contribution in [0.15, 0.2) is 18.2 Å². The van der Waals surface area contributed by atoms with Gasteiger partial charge in [-0.1, -0.05) is 13.3 Å². The highest BCUT2D eigenvalue weighted by molar-refractivity contribution is 14.1. The molecule has 3 N–H and O–H groups in total. The Morgan fingerprint density at radius 2 is 2.25 bits per heavy atom. The largest absolute Gasteiger partial charge is 0.397 e. The predicted molar refractivity (Wildman–Crippen MR) is 78.6 cm³/mol. The van der Waals surface area contributed by atoms with Crippen LogP contribution in [0.5, 0.6) is 0 Å². The molecular formula is C13H19IN2. The van der Waals surface area contributed by atoms with Crippen LogP contribution in [0, 0.1) is 15.4 Å². The van der Waals surface area contributed by atoms with Crippen LogP contribution in [0.2, 0.25) is 0 Å². The van der Waals surface area contributed by atoms with Crippen molar-refractivity contribution >= 4 is 34.0 Å². The molecule has 1 aliphatic carbocycles. The fourth-order valence-electron chi connectivity index (χ4n) is 2.46. The zero-order chi connectivity index (χ0) is 11.5. The first kappa shape index (κ1) is 12.0. The quantitative estimate of drug-likeness (QED) is 0.655. The number of benzene rings is 1. The predicted octanol–water partition coefficient (Wildman–Crippen LogP) is 3.72. The average molecular weight is 330 g/mol. The Hall–Kier alpha value is -0.450. The molecule has 1 saturated carbocycles. The van der Waals surface area contributed by atoms with Crippen LogP contribution in [0.25, 0.3) is 0 Å². The molecule has 2 nitrogen and oxygen atoms in total. The molecule has 0 amide bonds. The van der Waals surface area contributed by atoms with Gasteiger partial charge in [0.1, 0.15) is 0 Å². The second kappa shape index (κ2) is 5.25. The van der Waals surface area contributed by atoms with Crippen molar-refractivity contribution in [3.8, 4) is 0 Å². The molecule has 3 heteroatoms. The molecule has 0 heterocycles.